The first-order chi connectivity index (χ1) is 15.4. The van der Waals surface area contributed by atoms with Crippen LogP contribution >= 0.6 is 11.3 Å². The molecule has 4 rings (SSSR count). The minimum Gasteiger partial charge on any atom is -0.494 e. The Kier molecular flexibility index (Phi) is 6.54. The maximum absolute atomic E-state index is 14.0. The summed E-state index contributed by atoms with van der Waals surface area (Å²) in [7, 11) is -2.39. The van der Waals surface area contributed by atoms with E-state index in [1.54, 1.807) is 23.6 Å². The Labute approximate surface area is 189 Å². The number of ether oxygens (including phenoxy) is 1. The molecule has 0 atom stereocenters. The van der Waals surface area contributed by atoms with Crippen LogP contribution in [0, 0.1) is 5.82 Å². The quantitative estimate of drug-likeness (QED) is 0.571. The molecule has 1 N–H and O–H groups in total. The van der Waals surface area contributed by atoms with Gasteiger partial charge in [0.1, 0.15) is 0 Å². The van der Waals surface area contributed by atoms with Gasteiger partial charge in [-0.05, 0) is 43.2 Å². The molecule has 32 heavy (non-hydrogen) atoms. The lowest BCUT2D eigenvalue weighted by atomic mass is 10.1. The number of aromatic nitrogens is 1. The van der Waals surface area contributed by atoms with Gasteiger partial charge in [-0.2, -0.15) is 4.31 Å². The van der Waals surface area contributed by atoms with Gasteiger partial charge in [-0.1, -0.05) is 18.6 Å². The monoisotopic (exact) mass is 475 g/mol. The Morgan fingerprint density at radius 2 is 1.91 bits per heavy atom. The van der Waals surface area contributed by atoms with Crippen molar-refractivity contribution in [1.82, 2.24) is 9.29 Å². The Morgan fingerprint density at radius 1 is 1.16 bits per heavy atom. The summed E-state index contributed by atoms with van der Waals surface area (Å²) < 4.78 is 46.6. The molecule has 7 nitrogen and oxygen atoms in total. The zero-order chi connectivity index (χ0) is 22.7. The number of carbonyl (C=O) groups excluding carboxylic acids is 1. The number of hydrogen-bond donors (Lipinski definition) is 1. The molecule has 3 aromatic rings. The van der Waals surface area contributed by atoms with Crippen molar-refractivity contribution in [2.24, 2.45) is 0 Å². The first-order valence-corrected chi connectivity index (χ1v) is 12.4. The first-order valence-electron chi connectivity index (χ1n) is 10.1. The second-order valence-electron chi connectivity index (χ2n) is 7.30. The highest BCUT2D eigenvalue weighted by Gasteiger charge is 2.30. The van der Waals surface area contributed by atoms with Crippen LogP contribution in [0.15, 0.2) is 52.7 Å². The van der Waals surface area contributed by atoms with Crippen molar-refractivity contribution >= 4 is 32.4 Å². The van der Waals surface area contributed by atoms with E-state index >= 15 is 0 Å². The van der Waals surface area contributed by atoms with Gasteiger partial charge in [-0.3, -0.25) is 10.1 Å². The fourth-order valence-corrected chi connectivity index (χ4v) is 6.00. The third kappa shape index (κ3) is 4.52. The van der Waals surface area contributed by atoms with Gasteiger partial charge in [0.25, 0.3) is 5.91 Å². The second kappa shape index (κ2) is 9.35. The molecule has 168 valence electrons. The number of rotatable bonds is 6. The van der Waals surface area contributed by atoms with Crippen LogP contribution in [-0.2, 0) is 10.0 Å². The topological polar surface area (TPSA) is 88.6 Å². The predicted molar refractivity (Wildman–Crippen MR) is 121 cm³/mol. The highest BCUT2D eigenvalue weighted by Crippen LogP contribution is 2.29. The number of methoxy groups -OCH3 is 1. The number of piperidine rings is 1. The molecular weight excluding hydrogens is 453 g/mol. The van der Waals surface area contributed by atoms with E-state index in [1.165, 1.54) is 47.0 Å². The molecule has 1 fully saturated rings. The second-order valence-corrected chi connectivity index (χ2v) is 10.1. The molecule has 1 amide bonds. The Hall–Kier alpha value is -2.82. The van der Waals surface area contributed by atoms with E-state index in [1.807, 2.05) is 0 Å². The van der Waals surface area contributed by atoms with Crippen LogP contribution in [0.1, 0.15) is 29.6 Å². The Morgan fingerprint density at radius 3 is 2.62 bits per heavy atom. The van der Waals surface area contributed by atoms with E-state index < -0.39 is 21.7 Å². The number of sulfonamides is 1. The number of thiazole rings is 1. The molecule has 0 saturated carbocycles. The molecule has 2 heterocycles. The molecule has 10 heteroatoms. The van der Waals surface area contributed by atoms with Gasteiger partial charge in [0.15, 0.2) is 16.7 Å². The van der Waals surface area contributed by atoms with Gasteiger partial charge >= 0.3 is 0 Å². The number of nitrogens with zero attached hydrogens (tertiary/aromatic N) is 2. The summed E-state index contributed by atoms with van der Waals surface area (Å²) in [5.74, 6) is -0.951. The number of nitrogens with one attached hydrogen (secondary N) is 1. The van der Waals surface area contributed by atoms with Crippen LogP contribution in [0.3, 0.4) is 0 Å². The SMILES string of the molecule is COc1ccc(-c2csc(NC(=O)c3ccccc3S(=O)(=O)N3CCCCC3)n2)cc1F. The third-order valence-electron chi connectivity index (χ3n) is 5.24. The van der Waals surface area contributed by atoms with E-state index in [-0.39, 0.29) is 21.3 Å². The molecule has 1 saturated heterocycles. The van der Waals surface area contributed by atoms with E-state index in [0.29, 0.717) is 24.3 Å². The lowest BCUT2D eigenvalue weighted by Gasteiger charge is -2.26. The largest absolute Gasteiger partial charge is 0.494 e. The van der Waals surface area contributed by atoms with E-state index in [2.05, 4.69) is 10.3 Å². The maximum atomic E-state index is 14.0. The fraction of sp³-hybridized carbons (Fsp3) is 0.273. The van der Waals surface area contributed by atoms with Crippen molar-refractivity contribution < 1.29 is 22.3 Å². The Balaban J connectivity index is 1.56. The van der Waals surface area contributed by atoms with Crippen LogP contribution in [0.4, 0.5) is 9.52 Å². The van der Waals surface area contributed by atoms with E-state index in [0.717, 1.165) is 19.3 Å². The molecule has 1 aromatic heterocycles. The smallest absolute Gasteiger partial charge is 0.258 e. The molecule has 0 unspecified atom stereocenters. The number of hydrogen-bond acceptors (Lipinski definition) is 6. The van der Waals surface area contributed by atoms with E-state index in [4.69, 9.17) is 4.74 Å². The number of anilines is 1. The lowest BCUT2D eigenvalue weighted by Crippen LogP contribution is -2.36. The van der Waals surface area contributed by atoms with Gasteiger partial charge in [0.05, 0.1) is 23.3 Å². The zero-order valence-electron chi connectivity index (χ0n) is 17.4. The number of carbonyl (C=O) groups is 1. The predicted octanol–water partition coefficient (Wildman–Crippen LogP) is 4.38. The molecule has 1 aliphatic rings. The van der Waals surface area contributed by atoms with Crippen molar-refractivity contribution in [3.63, 3.8) is 0 Å². The van der Waals surface area contributed by atoms with Crippen molar-refractivity contribution in [3.05, 3.63) is 59.2 Å². The standard InChI is InChI=1S/C22H22FN3O4S2/c1-30-19-10-9-15(13-17(19)23)18-14-31-22(24-18)25-21(27)16-7-3-4-8-20(16)32(28,29)26-11-5-2-6-12-26/h3-4,7-10,13-14H,2,5-6,11-12H2,1H3,(H,24,25,27). The van der Waals surface area contributed by atoms with Crippen LogP contribution in [0.2, 0.25) is 0 Å². The minimum absolute atomic E-state index is 0.0200. The fourth-order valence-electron chi connectivity index (χ4n) is 3.58. The summed E-state index contributed by atoms with van der Waals surface area (Å²) in [5, 5.41) is 4.64. The normalized spacial score (nSPS) is 14.8. The number of halogens is 1. The highest BCUT2D eigenvalue weighted by molar-refractivity contribution is 7.89. The van der Waals surface area contributed by atoms with Gasteiger partial charge in [0, 0.05) is 24.0 Å². The molecule has 0 radical (unpaired) electrons. The highest BCUT2D eigenvalue weighted by atomic mass is 32.2. The summed E-state index contributed by atoms with van der Waals surface area (Å²) in [6.45, 7) is 0.902. The molecule has 0 spiro atoms. The molecule has 1 aliphatic heterocycles. The molecule has 0 aliphatic carbocycles. The molecule has 0 bridgehead atoms. The van der Waals surface area contributed by atoms with Crippen molar-refractivity contribution in [2.75, 3.05) is 25.5 Å². The summed E-state index contributed by atoms with van der Waals surface area (Å²) in [6, 6.07) is 10.6. The van der Waals surface area contributed by atoms with Crippen LogP contribution in [0.25, 0.3) is 11.3 Å². The summed E-state index contributed by atoms with van der Waals surface area (Å²) in [4.78, 5) is 17.3. The first kappa shape index (κ1) is 22.4. The number of benzene rings is 2. The average molecular weight is 476 g/mol. The molecular formula is C22H22FN3O4S2. The van der Waals surface area contributed by atoms with Gasteiger partial charge in [-0.25, -0.2) is 17.8 Å². The van der Waals surface area contributed by atoms with Crippen molar-refractivity contribution in [1.29, 1.82) is 0 Å². The summed E-state index contributed by atoms with van der Waals surface area (Å²) >= 11 is 1.17. The molecule has 2 aromatic carbocycles. The summed E-state index contributed by atoms with van der Waals surface area (Å²) in [5.41, 5.74) is 1.08. The number of amides is 1. The van der Waals surface area contributed by atoms with E-state index in [9.17, 15) is 17.6 Å². The van der Waals surface area contributed by atoms with Crippen LogP contribution in [0.5, 0.6) is 5.75 Å². The summed E-state index contributed by atoms with van der Waals surface area (Å²) in [6.07, 6.45) is 2.61. The minimum atomic E-state index is -3.78. The zero-order valence-corrected chi connectivity index (χ0v) is 19.0. The third-order valence-corrected chi connectivity index (χ3v) is 7.95. The maximum Gasteiger partial charge on any atom is 0.258 e. The lowest BCUT2D eigenvalue weighted by molar-refractivity contribution is 0.102. The van der Waals surface area contributed by atoms with Gasteiger partial charge in [-0.15, -0.1) is 11.3 Å². The van der Waals surface area contributed by atoms with Crippen LogP contribution < -0.4 is 10.1 Å². The van der Waals surface area contributed by atoms with Crippen LogP contribution in [-0.4, -0.2) is 43.8 Å². The average Bonchev–Trinajstić information content (AvgIpc) is 3.28. The van der Waals surface area contributed by atoms with Gasteiger partial charge < -0.3 is 4.74 Å². The van der Waals surface area contributed by atoms with Crippen molar-refractivity contribution in [2.45, 2.75) is 24.2 Å². The van der Waals surface area contributed by atoms with Crippen molar-refractivity contribution in [3.8, 4) is 17.0 Å². The Bertz CT molecular complexity index is 1240. The van der Waals surface area contributed by atoms with Gasteiger partial charge in [0.2, 0.25) is 10.0 Å².